The first-order valence-corrected chi connectivity index (χ1v) is 13.8. The summed E-state index contributed by atoms with van der Waals surface area (Å²) in [6.45, 7) is 2.13. The second kappa shape index (κ2) is 10.2. The summed E-state index contributed by atoms with van der Waals surface area (Å²) in [4.78, 5) is 2.36. The molecule has 0 saturated carbocycles. The first-order valence-electron chi connectivity index (χ1n) is 13.8. The summed E-state index contributed by atoms with van der Waals surface area (Å²) in [5.41, 5.74) is 9.54. The molecule has 0 aliphatic rings. The summed E-state index contributed by atoms with van der Waals surface area (Å²) in [6.07, 6.45) is 0. The van der Waals surface area contributed by atoms with Gasteiger partial charge in [0.1, 0.15) is 0 Å². The van der Waals surface area contributed by atoms with Crippen molar-refractivity contribution in [2.24, 2.45) is 0 Å². The molecule has 0 radical (unpaired) electrons. The third-order valence-corrected chi connectivity index (χ3v) is 7.73. The lowest BCUT2D eigenvalue weighted by molar-refractivity contribution is 1.29. The molecule has 0 N–H and O–H groups in total. The molecule has 0 bridgehead atoms. The molecule has 7 aromatic carbocycles. The predicted molar refractivity (Wildman–Crippen MR) is 172 cm³/mol. The summed E-state index contributed by atoms with van der Waals surface area (Å²) in [6, 6.07) is 56.9. The van der Waals surface area contributed by atoms with Crippen molar-refractivity contribution in [3.63, 3.8) is 0 Å². The van der Waals surface area contributed by atoms with E-state index in [1.165, 1.54) is 49.4 Å². The van der Waals surface area contributed by atoms with Crippen LogP contribution in [0.25, 0.3) is 43.8 Å². The van der Waals surface area contributed by atoms with Crippen molar-refractivity contribution in [2.45, 2.75) is 6.92 Å². The Kier molecular flexibility index (Phi) is 6.11. The second-order valence-electron chi connectivity index (χ2n) is 10.4. The molecule has 190 valence electrons. The van der Waals surface area contributed by atoms with E-state index in [0.29, 0.717) is 0 Å². The molecule has 0 spiro atoms. The Labute approximate surface area is 235 Å². The zero-order valence-corrected chi connectivity index (χ0v) is 22.5. The number of fused-ring (bicyclic) bond motifs is 3. The molecule has 0 atom stereocenters. The number of nitrogens with zero attached hydrogens (tertiary/aromatic N) is 1. The smallest absolute Gasteiger partial charge is 0.0468 e. The van der Waals surface area contributed by atoms with Gasteiger partial charge in [0.15, 0.2) is 0 Å². The number of hydrogen-bond donors (Lipinski definition) is 0. The highest BCUT2D eigenvalue weighted by atomic mass is 15.1. The zero-order chi connectivity index (χ0) is 26.9. The number of anilines is 3. The van der Waals surface area contributed by atoms with Gasteiger partial charge in [-0.2, -0.15) is 0 Å². The standard InChI is InChI=1S/C39H29N/c1-28-11-13-30(14-12-28)32-19-24-36(25-20-32)40(35-22-17-31(18-23-35)29-7-3-2-4-8-29)37-26-21-34-16-15-33-9-5-6-10-38(33)39(34)27-37/h2-27H,1H3. The van der Waals surface area contributed by atoms with Gasteiger partial charge in [-0.1, -0.05) is 127 Å². The van der Waals surface area contributed by atoms with E-state index in [0.717, 1.165) is 17.1 Å². The largest absolute Gasteiger partial charge is 0.310 e. The summed E-state index contributed by atoms with van der Waals surface area (Å²) in [5, 5.41) is 5.04. The Balaban J connectivity index is 1.35. The lowest BCUT2D eigenvalue weighted by Crippen LogP contribution is -2.09. The van der Waals surface area contributed by atoms with Crippen LogP contribution in [0, 0.1) is 6.92 Å². The van der Waals surface area contributed by atoms with Crippen LogP contribution in [0.5, 0.6) is 0 Å². The third kappa shape index (κ3) is 4.52. The van der Waals surface area contributed by atoms with Crippen LogP contribution in [-0.4, -0.2) is 0 Å². The summed E-state index contributed by atoms with van der Waals surface area (Å²) < 4.78 is 0. The average Bonchev–Trinajstić information content (AvgIpc) is 3.03. The monoisotopic (exact) mass is 511 g/mol. The Morgan fingerprint density at radius 2 is 0.800 bits per heavy atom. The van der Waals surface area contributed by atoms with Crippen LogP contribution in [0.4, 0.5) is 17.1 Å². The Morgan fingerprint density at radius 1 is 0.350 bits per heavy atom. The molecular weight excluding hydrogens is 482 g/mol. The van der Waals surface area contributed by atoms with Gasteiger partial charge in [0.25, 0.3) is 0 Å². The first-order chi connectivity index (χ1) is 19.7. The number of aryl methyl sites for hydroxylation is 1. The molecule has 7 rings (SSSR count). The number of rotatable bonds is 5. The zero-order valence-electron chi connectivity index (χ0n) is 22.5. The van der Waals surface area contributed by atoms with Gasteiger partial charge in [-0.3, -0.25) is 0 Å². The molecule has 0 heterocycles. The number of benzene rings is 7. The second-order valence-corrected chi connectivity index (χ2v) is 10.4. The van der Waals surface area contributed by atoms with Crippen molar-refractivity contribution in [2.75, 3.05) is 4.90 Å². The normalized spacial score (nSPS) is 11.1. The van der Waals surface area contributed by atoms with E-state index in [1.807, 2.05) is 0 Å². The van der Waals surface area contributed by atoms with Gasteiger partial charge in [0.05, 0.1) is 0 Å². The summed E-state index contributed by atoms with van der Waals surface area (Å²) in [5.74, 6) is 0. The lowest BCUT2D eigenvalue weighted by atomic mass is 10.0. The maximum atomic E-state index is 2.36. The van der Waals surface area contributed by atoms with Crippen LogP contribution < -0.4 is 4.90 Å². The minimum Gasteiger partial charge on any atom is -0.310 e. The highest BCUT2D eigenvalue weighted by molar-refractivity contribution is 6.09. The fourth-order valence-corrected chi connectivity index (χ4v) is 5.56. The van der Waals surface area contributed by atoms with E-state index in [4.69, 9.17) is 0 Å². The van der Waals surface area contributed by atoms with Gasteiger partial charge < -0.3 is 4.90 Å². The molecule has 0 aliphatic heterocycles. The molecule has 40 heavy (non-hydrogen) atoms. The average molecular weight is 512 g/mol. The molecular formula is C39H29N. The van der Waals surface area contributed by atoms with Crippen molar-refractivity contribution in [1.29, 1.82) is 0 Å². The van der Waals surface area contributed by atoms with Gasteiger partial charge in [-0.15, -0.1) is 0 Å². The highest BCUT2D eigenvalue weighted by Gasteiger charge is 2.14. The predicted octanol–water partition coefficient (Wildman–Crippen LogP) is 11.1. The Hall–Kier alpha value is -5.14. The van der Waals surface area contributed by atoms with Crippen LogP contribution in [0.1, 0.15) is 5.56 Å². The topological polar surface area (TPSA) is 3.24 Å². The van der Waals surface area contributed by atoms with E-state index in [1.54, 1.807) is 0 Å². The van der Waals surface area contributed by atoms with Gasteiger partial charge in [0, 0.05) is 17.1 Å². The first kappa shape index (κ1) is 23.9. The van der Waals surface area contributed by atoms with E-state index in [-0.39, 0.29) is 0 Å². The highest BCUT2D eigenvalue weighted by Crippen LogP contribution is 2.39. The molecule has 0 saturated heterocycles. The van der Waals surface area contributed by atoms with Gasteiger partial charge in [0.2, 0.25) is 0 Å². The molecule has 1 heteroatoms. The SMILES string of the molecule is Cc1ccc(-c2ccc(N(c3ccc(-c4ccccc4)cc3)c3ccc4ccc5ccccc5c4c3)cc2)cc1. The fraction of sp³-hybridized carbons (Fsp3) is 0.0256. The molecule has 1 nitrogen and oxygen atoms in total. The van der Waals surface area contributed by atoms with Crippen molar-refractivity contribution in [1.82, 2.24) is 0 Å². The maximum absolute atomic E-state index is 2.36. The van der Waals surface area contributed by atoms with Crippen molar-refractivity contribution >= 4 is 38.6 Å². The Morgan fingerprint density at radius 3 is 1.43 bits per heavy atom. The lowest BCUT2D eigenvalue weighted by Gasteiger charge is -2.26. The van der Waals surface area contributed by atoms with Crippen molar-refractivity contribution in [3.05, 3.63) is 163 Å². The van der Waals surface area contributed by atoms with E-state index >= 15 is 0 Å². The molecule has 7 aromatic rings. The molecule has 0 unspecified atom stereocenters. The Bertz CT molecular complexity index is 1920. The molecule has 0 amide bonds. The minimum absolute atomic E-state index is 1.13. The van der Waals surface area contributed by atoms with E-state index < -0.39 is 0 Å². The van der Waals surface area contributed by atoms with Crippen molar-refractivity contribution < 1.29 is 0 Å². The van der Waals surface area contributed by atoms with Gasteiger partial charge in [-0.05, 0) is 87.1 Å². The number of hydrogen-bond acceptors (Lipinski definition) is 1. The fourth-order valence-electron chi connectivity index (χ4n) is 5.56. The van der Waals surface area contributed by atoms with Gasteiger partial charge in [-0.25, -0.2) is 0 Å². The summed E-state index contributed by atoms with van der Waals surface area (Å²) in [7, 11) is 0. The third-order valence-electron chi connectivity index (χ3n) is 7.73. The minimum atomic E-state index is 1.13. The van der Waals surface area contributed by atoms with Crippen LogP contribution in [0.2, 0.25) is 0 Å². The molecule has 0 fully saturated rings. The maximum Gasteiger partial charge on any atom is 0.0468 e. The molecule has 0 aliphatic carbocycles. The quantitative estimate of drug-likeness (QED) is 0.208. The van der Waals surface area contributed by atoms with Crippen molar-refractivity contribution in [3.8, 4) is 22.3 Å². The van der Waals surface area contributed by atoms with Crippen LogP contribution in [-0.2, 0) is 0 Å². The van der Waals surface area contributed by atoms with E-state index in [9.17, 15) is 0 Å². The molecule has 0 aromatic heterocycles. The van der Waals surface area contributed by atoms with Crippen LogP contribution in [0.3, 0.4) is 0 Å². The van der Waals surface area contributed by atoms with Crippen LogP contribution >= 0.6 is 0 Å². The van der Waals surface area contributed by atoms with Crippen LogP contribution in [0.15, 0.2) is 158 Å². The van der Waals surface area contributed by atoms with E-state index in [2.05, 4.69) is 170 Å². The van der Waals surface area contributed by atoms with Gasteiger partial charge >= 0.3 is 0 Å². The summed E-state index contributed by atoms with van der Waals surface area (Å²) >= 11 is 0.